The van der Waals surface area contributed by atoms with Crippen molar-refractivity contribution in [3.8, 4) is 0 Å². The molecule has 0 aromatic rings. The topological polar surface area (TPSA) is 52.6 Å². The van der Waals surface area contributed by atoms with Crippen LogP contribution in [0.5, 0.6) is 0 Å². The van der Waals surface area contributed by atoms with E-state index in [1.54, 1.807) is 0 Å². The third-order valence-electron chi connectivity index (χ3n) is 1.52. The predicted octanol–water partition coefficient (Wildman–Crippen LogP) is 2.19. The molecule has 0 aliphatic carbocycles. The highest BCUT2D eigenvalue weighted by Crippen LogP contribution is 2.36. The first-order chi connectivity index (χ1) is 7.88. The smallest absolute Gasteiger partial charge is 0.447 e. The van der Waals surface area contributed by atoms with Crippen LogP contribution >= 0.6 is 0 Å². The average molecular weight is 276 g/mol. The van der Waals surface area contributed by atoms with E-state index in [9.17, 15) is 31.5 Å². The molecule has 104 valence electrons. The molecule has 0 aliphatic heterocycles. The molecule has 1 unspecified atom stereocenters. The number of carbonyl (C=O) groups excluding carboxylic acids is 2. The fraction of sp³-hybridized carbons (Fsp3) is 0.556. The zero-order valence-corrected chi connectivity index (χ0v) is 9.31. The number of halogens is 5. The first-order valence-electron chi connectivity index (χ1n) is 4.42. The van der Waals surface area contributed by atoms with Gasteiger partial charge in [0, 0.05) is 5.57 Å². The van der Waals surface area contributed by atoms with Crippen molar-refractivity contribution >= 4 is 11.9 Å². The van der Waals surface area contributed by atoms with Crippen LogP contribution in [0.4, 0.5) is 22.0 Å². The first kappa shape index (κ1) is 16.3. The summed E-state index contributed by atoms with van der Waals surface area (Å²) in [6.45, 7) is 5.11. The van der Waals surface area contributed by atoms with Crippen molar-refractivity contribution in [3.05, 3.63) is 12.2 Å². The highest BCUT2D eigenvalue weighted by atomic mass is 19.4. The van der Waals surface area contributed by atoms with Crippen molar-refractivity contribution in [2.24, 2.45) is 0 Å². The van der Waals surface area contributed by atoms with Gasteiger partial charge in [-0.3, -0.25) is 0 Å². The standard InChI is InChI=1S/C9H9F5O4/c1-4(2)6(15)17-5(3)7(16)18-9(13,14)8(10,11)12/h5H,1H2,2-3H3. The van der Waals surface area contributed by atoms with Gasteiger partial charge in [-0.1, -0.05) is 6.58 Å². The number of hydrogen-bond donors (Lipinski definition) is 0. The second-order valence-corrected chi connectivity index (χ2v) is 3.26. The molecular formula is C9H9F5O4. The van der Waals surface area contributed by atoms with Gasteiger partial charge >= 0.3 is 24.2 Å². The van der Waals surface area contributed by atoms with E-state index in [4.69, 9.17) is 0 Å². The minimum Gasteiger partial charge on any atom is -0.447 e. The molecule has 0 rings (SSSR count). The fourth-order valence-electron chi connectivity index (χ4n) is 0.576. The Morgan fingerprint density at radius 2 is 1.61 bits per heavy atom. The third kappa shape index (κ3) is 4.30. The Kier molecular flexibility index (Phi) is 4.82. The van der Waals surface area contributed by atoms with Crippen LogP contribution in [0.2, 0.25) is 0 Å². The maximum absolute atomic E-state index is 12.3. The molecule has 9 heteroatoms. The Morgan fingerprint density at radius 1 is 1.17 bits per heavy atom. The summed E-state index contributed by atoms with van der Waals surface area (Å²) in [6.07, 6.45) is -13.6. The fourth-order valence-corrected chi connectivity index (χ4v) is 0.576. The van der Waals surface area contributed by atoms with Crippen molar-refractivity contribution in [1.29, 1.82) is 0 Å². The van der Waals surface area contributed by atoms with Crippen LogP contribution in [0.1, 0.15) is 13.8 Å². The molecule has 0 saturated heterocycles. The van der Waals surface area contributed by atoms with Gasteiger partial charge in [-0.25, -0.2) is 9.59 Å². The second kappa shape index (κ2) is 5.32. The van der Waals surface area contributed by atoms with E-state index in [0.717, 1.165) is 6.92 Å². The minimum absolute atomic E-state index is 0.155. The van der Waals surface area contributed by atoms with Gasteiger partial charge in [0.25, 0.3) is 0 Å². The van der Waals surface area contributed by atoms with Crippen LogP contribution in [-0.2, 0) is 19.1 Å². The minimum atomic E-state index is -6.04. The van der Waals surface area contributed by atoms with E-state index in [1.165, 1.54) is 6.92 Å². The first-order valence-corrected chi connectivity index (χ1v) is 4.42. The van der Waals surface area contributed by atoms with E-state index in [0.29, 0.717) is 0 Å². The molecular weight excluding hydrogens is 267 g/mol. The van der Waals surface area contributed by atoms with Crippen LogP contribution in [0.3, 0.4) is 0 Å². The van der Waals surface area contributed by atoms with Gasteiger partial charge in [-0.2, -0.15) is 22.0 Å². The van der Waals surface area contributed by atoms with Gasteiger partial charge in [-0.05, 0) is 13.8 Å². The molecule has 1 atom stereocenters. The van der Waals surface area contributed by atoms with Gasteiger partial charge in [-0.15, -0.1) is 0 Å². The van der Waals surface area contributed by atoms with Crippen molar-refractivity contribution in [3.63, 3.8) is 0 Å². The van der Waals surface area contributed by atoms with Gasteiger partial charge in [0.05, 0.1) is 0 Å². The van der Waals surface area contributed by atoms with Crippen molar-refractivity contribution in [2.75, 3.05) is 0 Å². The maximum atomic E-state index is 12.3. The quantitative estimate of drug-likeness (QED) is 0.448. The molecule has 4 nitrogen and oxygen atoms in total. The van der Waals surface area contributed by atoms with Gasteiger partial charge < -0.3 is 9.47 Å². The van der Waals surface area contributed by atoms with E-state index in [-0.39, 0.29) is 5.57 Å². The van der Waals surface area contributed by atoms with Crippen LogP contribution in [0, 0.1) is 0 Å². The molecule has 0 radical (unpaired) electrons. The lowest BCUT2D eigenvalue weighted by Gasteiger charge is -2.20. The normalized spacial score (nSPS) is 13.7. The van der Waals surface area contributed by atoms with Crippen LogP contribution in [-0.4, -0.2) is 30.3 Å². The number of carbonyl (C=O) groups is 2. The summed E-state index contributed by atoms with van der Waals surface area (Å²) in [6, 6.07) is 0. The summed E-state index contributed by atoms with van der Waals surface area (Å²) >= 11 is 0. The van der Waals surface area contributed by atoms with Gasteiger partial charge in [0.1, 0.15) is 0 Å². The summed E-state index contributed by atoms with van der Waals surface area (Å²) in [5, 5.41) is 0. The van der Waals surface area contributed by atoms with Crippen molar-refractivity contribution in [1.82, 2.24) is 0 Å². The Balaban J connectivity index is 4.60. The molecule has 0 aromatic carbocycles. The molecule has 0 spiro atoms. The Hall–Kier alpha value is -1.67. The zero-order valence-electron chi connectivity index (χ0n) is 9.31. The van der Waals surface area contributed by atoms with E-state index in [2.05, 4.69) is 16.1 Å². The average Bonchev–Trinajstić information content (AvgIpc) is 2.14. The molecule has 0 amide bonds. The van der Waals surface area contributed by atoms with Crippen molar-refractivity contribution < 1.29 is 41.0 Å². The maximum Gasteiger partial charge on any atom is 0.501 e. The summed E-state index contributed by atoms with van der Waals surface area (Å²) in [4.78, 5) is 21.7. The summed E-state index contributed by atoms with van der Waals surface area (Å²) in [7, 11) is 0. The van der Waals surface area contributed by atoms with Crippen LogP contribution < -0.4 is 0 Å². The van der Waals surface area contributed by atoms with Gasteiger partial charge in [0.2, 0.25) is 0 Å². The van der Waals surface area contributed by atoms with Gasteiger partial charge in [0.15, 0.2) is 6.10 Å². The Labute approximate surface area is 98.3 Å². The lowest BCUT2D eigenvalue weighted by Crippen LogP contribution is -2.43. The number of esters is 2. The summed E-state index contributed by atoms with van der Waals surface area (Å²) in [5.74, 6) is -3.14. The summed E-state index contributed by atoms with van der Waals surface area (Å²) in [5.41, 5.74) is -0.155. The highest BCUT2D eigenvalue weighted by molar-refractivity contribution is 5.89. The largest absolute Gasteiger partial charge is 0.501 e. The molecule has 0 heterocycles. The molecule has 0 saturated carbocycles. The summed E-state index contributed by atoms with van der Waals surface area (Å²) < 4.78 is 66.9. The molecule has 0 bridgehead atoms. The number of alkyl halides is 5. The third-order valence-corrected chi connectivity index (χ3v) is 1.52. The molecule has 18 heavy (non-hydrogen) atoms. The SMILES string of the molecule is C=C(C)C(=O)OC(C)C(=O)OC(F)(F)C(F)(F)F. The number of hydrogen-bond acceptors (Lipinski definition) is 4. The zero-order chi connectivity index (χ0) is 14.7. The second-order valence-electron chi connectivity index (χ2n) is 3.26. The van der Waals surface area contributed by atoms with E-state index >= 15 is 0 Å². The lowest BCUT2D eigenvalue weighted by molar-refractivity contribution is -0.377. The Morgan fingerprint density at radius 3 is 1.94 bits per heavy atom. The number of ether oxygens (including phenoxy) is 2. The lowest BCUT2D eigenvalue weighted by atomic mass is 10.3. The number of rotatable bonds is 4. The molecule has 0 fully saturated rings. The molecule has 0 N–H and O–H groups in total. The predicted molar refractivity (Wildman–Crippen MR) is 47.5 cm³/mol. The molecule has 0 aliphatic rings. The van der Waals surface area contributed by atoms with E-state index < -0.39 is 30.3 Å². The van der Waals surface area contributed by atoms with Crippen molar-refractivity contribution in [2.45, 2.75) is 32.2 Å². The highest BCUT2D eigenvalue weighted by Gasteiger charge is 2.62. The van der Waals surface area contributed by atoms with Crippen LogP contribution in [0.15, 0.2) is 12.2 Å². The van der Waals surface area contributed by atoms with Crippen LogP contribution in [0.25, 0.3) is 0 Å². The Bertz CT molecular complexity index is 360. The monoisotopic (exact) mass is 276 g/mol. The van der Waals surface area contributed by atoms with E-state index in [1.807, 2.05) is 0 Å². The molecule has 0 aromatic heterocycles.